The Morgan fingerprint density at radius 2 is 2.07 bits per heavy atom. The fourth-order valence-corrected chi connectivity index (χ4v) is 0.987. The topological polar surface area (TPSA) is 35.5 Å². The van der Waals surface area contributed by atoms with Gasteiger partial charge in [0.2, 0.25) is 0 Å². The first-order valence-corrected chi connectivity index (χ1v) is 4.17. The molecule has 0 unspecified atom stereocenters. The zero-order valence-electron chi connectivity index (χ0n) is 8.29. The van der Waals surface area contributed by atoms with Gasteiger partial charge in [-0.3, -0.25) is 0 Å². The van der Waals surface area contributed by atoms with Crippen LogP contribution in [0, 0.1) is 6.92 Å². The number of ether oxygens (including phenoxy) is 2. The molecule has 5 heteroatoms. The van der Waals surface area contributed by atoms with E-state index >= 15 is 0 Å². The summed E-state index contributed by atoms with van der Waals surface area (Å²) < 4.78 is 34.0. The van der Waals surface area contributed by atoms with Gasteiger partial charge in [0.05, 0.1) is 7.11 Å². The molecule has 0 radical (unpaired) electrons. The molecule has 0 aromatic heterocycles. The Bertz CT molecular complexity index is 363. The predicted molar refractivity (Wildman–Crippen MR) is 48.8 cm³/mol. The minimum absolute atomic E-state index is 0.0783. The lowest BCUT2D eigenvalue weighted by Gasteiger charge is -2.15. The maximum atomic E-state index is 12.9. The van der Waals surface area contributed by atoms with Crippen LogP contribution in [0.25, 0.3) is 0 Å². The molecule has 0 saturated carbocycles. The monoisotopic (exact) mass is 216 g/mol. The van der Waals surface area contributed by atoms with Gasteiger partial charge in [-0.1, -0.05) is 12.1 Å². The Balaban J connectivity index is 2.81. The number of benzene rings is 1. The molecule has 0 saturated heterocycles. The molecule has 1 aromatic rings. The number of alkyl halides is 2. The number of rotatable bonds is 3. The molecule has 0 atom stereocenters. The maximum absolute atomic E-state index is 12.9. The third-order valence-corrected chi connectivity index (χ3v) is 1.66. The third kappa shape index (κ3) is 2.90. The molecule has 0 aliphatic heterocycles. The van der Waals surface area contributed by atoms with Crippen molar-refractivity contribution in [2.45, 2.75) is 13.0 Å². The number of carbonyl (C=O) groups excluding carboxylic acids is 1. The van der Waals surface area contributed by atoms with E-state index in [0.717, 1.165) is 12.7 Å². The highest BCUT2D eigenvalue weighted by atomic mass is 19.3. The van der Waals surface area contributed by atoms with Crippen molar-refractivity contribution in [3.63, 3.8) is 0 Å². The molecule has 0 bridgehead atoms. The molecule has 1 rings (SSSR count). The summed E-state index contributed by atoms with van der Waals surface area (Å²) in [5.74, 6) is -1.80. The average Bonchev–Trinajstić information content (AvgIpc) is 2.15. The van der Waals surface area contributed by atoms with Gasteiger partial charge in [-0.15, -0.1) is 0 Å². The van der Waals surface area contributed by atoms with E-state index in [1.807, 2.05) is 0 Å². The summed E-state index contributed by atoms with van der Waals surface area (Å²) in [6, 6.07) is 6.02. The number of hydrogen-bond acceptors (Lipinski definition) is 3. The lowest BCUT2D eigenvalue weighted by Crippen LogP contribution is -2.36. The Hall–Kier alpha value is -1.65. The van der Waals surface area contributed by atoms with E-state index < -0.39 is 12.1 Å². The zero-order valence-corrected chi connectivity index (χ0v) is 8.29. The van der Waals surface area contributed by atoms with Crippen LogP contribution in [0.2, 0.25) is 0 Å². The van der Waals surface area contributed by atoms with Gasteiger partial charge >= 0.3 is 12.1 Å². The van der Waals surface area contributed by atoms with Gasteiger partial charge in [-0.05, 0) is 24.6 Å². The lowest BCUT2D eigenvalue weighted by atomic mass is 10.2. The van der Waals surface area contributed by atoms with Crippen LogP contribution in [0.5, 0.6) is 5.75 Å². The Morgan fingerprint density at radius 3 is 2.60 bits per heavy atom. The van der Waals surface area contributed by atoms with Gasteiger partial charge in [0.25, 0.3) is 0 Å². The van der Waals surface area contributed by atoms with Crippen molar-refractivity contribution < 1.29 is 23.0 Å². The van der Waals surface area contributed by atoms with E-state index in [0.29, 0.717) is 0 Å². The van der Waals surface area contributed by atoms with Crippen molar-refractivity contribution in [3.05, 3.63) is 29.8 Å². The van der Waals surface area contributed by atoms with Crippen LogP contribution in [0.3, 0.4) is 0 Å². The first-order valence-electron chi connectivity index (χ1n) is 4.17. The van der Waals surface area contributed by atoms with Gasteiger partial charge in [-0.25, -0.2) is 4.79 Å². The van der Waals surface area contributed by atoms with Gasteiger partial charge in [-0.2, -0.15) is 8.78 Å². The highest BCUT2D eigenvalue weighted by Crippen LogP contribution is 2.23. The van der Waals surface area contributed by atoms with E-state index in [-0.39, 0.29) is 5.75 Å². The van der Waals surface area contributed by atoms with Crippen molar-refractivity contribution in [2.24, 2.45) is 0 Å². The minimum Gasteiger partial charge on any atom is -0.462 e. The van der Waals surface area contributed by atoms with Gasteiger partial charge < -0.3 is 9.47 Å². The largest absolute Gasteiger partial charge is 0.502 e. The van der Waals surface area contributed by atoms with Crippen LogP contribution in [0.15, 0.2) is 24.3 Å². The molecule has 0 heterocycles. The van der Waals surface area contributed by atoms with E-state index in [9.17, 15) is 13.6 Å². The minimum atomic E-state index is -3.96. The number of halogens is 2. The number of carbonyl (C=O) groups is 1. The summed E-state index contributed by atoms with van der Waals surface area (Å²) in [6.07, 6.45) is -3.96. The highest BCUT2D eigenvalue weighted by molar-refractivity contribution is 5.76. The average molecular weight is 216 g/mol. The Kier molecular flexibility index (Phi) is 3.24. The predicted octanol–water partition coefficient (Wildman–Crippen LogP) is 2.14. The molecular weight excluding hydrogens is 206 g/mol. The van der Waals surface area contributed by atoms with E-state index in [1.165, 1.54) is 12.1 Å². The lowest BCUT2D eigenvalue weighted by molar-refractivity contribution is -0.214. The summed E-state index contributed by atoms with van der Waals surface area (Å²) in [7, 11) is 0.871. The van der Waals surface area contributed by atoms with Gasteiger partial charge in [0.1, 0.15) is 5.75 Å². The standard InChI is InChI=1S/C10H10F2O3/c1-7-4-3-5-8(6-7)15-10(11,12)9(13)14-2/h3-6H,1-2H3. The van der Waals surface area contributed by atoms with Crippen LogP contribution < -0.4 is 4.74 Å². The fourth-order valence-electron chi connectivity index (χ4n) is 0.987. The Labute approximate surface area is 85.6 Å². The van der Waals surface area contributed by atoms with Crippen LogP contribution in [-0.4, -0.2) is 19.2 Å². The SMILES string of the molecule is COC(=O)C(F)(F)Oc1cccc(C)c1. The van der Waals surface area contributed by atoms with Crippen LogP contribution in [-0.2, 0) is 9.53 Å². The molecule has 15 heavy (non-hydrogen) atoms. The van der Waals surface area contributed by atoms with Gasteiger partial charge in [0, 0.05) is 0 Å². The van der Waals surface area contributed by atoms with Crippen LogP contribution >= 0.6 is 0 Å². The highest BCUT2D eigenvalue weighted by Gasteiger charge is 2.43. The number of esters is 1. The molecule has 82 valence electrons. The molecule has 0 N–H and O–H groups in total. The molecule has 0 spiro atoms. The van der Waals surface area contributed by atoms with Gasteiger partial charge in [0.15, 0.2) is 0 Å². The van der Waals surface area contributed by atoms with Crippen molar-refractivity contribution in [3.8, 4) is 5.75 Å². The van der Waals surface area contributed by atoms with Crippen molar-refractivity contribution in [1.82, 2.24) is 0 Å². The molecule has 0 aliphatic rings. The number of hydrogen-bond donors (Lipinski definition) is 0. The number of methoxy groups -OCH3 is 1. The smallest absolute Gasteiger partial charge is 0.462 e. The Morgan fingerprint density at radius 1 is 1.40 bits per heavy atom. The summed E-state index contributed by atoms with van der Waals surface area (Å²) in [4.78, 5) is 10.6. The normalized spacial score (nSPS) is 10.9. The third-order valence-electron chi connectivity index (χ3n) is 1.66. The van der Waals surface area contributed by atoms with Crippen molar-refractivity contribution in [2.75, 3.05) is 7.11 Å². The second-order valence-electron chi connectivity index (χ2n) is 2.93. The van der Waals surface area contributed by atoms with Crippen LogP contribution in [0.4, 0.5) is 8.78 Å². The van der Waals surface area contributed by atoms with E-state index in [4.69, 9.17) is 0 Å². The zero-order chi connectivity index (χ0) is 11.5. The summed E-state index contributed by atoms with van der Waals surface area (Å²) in [6.45, 7) is 1.73. The number of aryl methyl sites for hydroxylation is 1. The summed E-state index contributed by atoms with van der Waals surface area (Å²) >= 11 is 0. The molecular formula is C10H10F2O3. The van der Waals surface area contributed by atoms with Crippen LogP contribution in [0.1, 0.15) is 5.56 Å². The van der Waals surface area contributed by atoms with Crippen molar-refractivity contribution in [1.29, 1.82) is 0 Å². The molecule has 0 amide bonds. The molecule has 1 aromatic carbocycles. The summed E-state index contributed by atoms with van der Waals surface area (Å²) in [5, 5.41) is 0. The van der Waals surface area contributed by atoms with E-state index in [2.05, 4.69) is 9.47 Å². The molecule has 0 aliphatic carbocycles. The maximum Gasteiger partial charge on any atom is 0.502 e. The van der Waals surface area contributed by atoms with Crippen molar-refractivity contribution >= 4 is 5.97 Å². The second-order valence-corrected chi connectivity index (χ2v) is 2.93. The quantitative estimate of drug-likeness (QED) is 0.726. The first kappa shape index (κ1) is 11.4. The fraction of sp³-hybridized carbons (Fsp3) is 0.300. The first-order chi connectivity index (χ1) is 6.95. The second kappa shape index (κ2) is 4.25. The summed E-state index contributed by atoms with van der Waals surface area (Å²) in [5.41, 5.74) is 0.758. The molecule has 3 nitrogen and oxygen atoms in total. The molecule has 0 fully saturated rings. The van der Waals surface area contributed by atoms with E-state index in [1.54, 1.807) is 19.1 Å².